The number of carbonyl (C=O) groups is 1. The normalized spacial score (nSPS) is 20.5. The number of rotatable bonds is 2. The molecule has 0 aromatic heterocycles. The van der Waals surface area contributed by atoms with Crippen molar-refractivity contribution in [1.29, 1.82) is 0 Å². The molecule has 0 N–H and O–H groups in total. The Balaban J connectivity index is 2.32. The van der Waals surface area contributed by atoms with Crippen molar-refractivity contribution < 1.29 is 13.6 Å². The minimum atomic E-state index is -0.753. The van der Waals surface area contributed by atoms with Crippen LogP contribution in [0.2, 0.25) is 0 Å². The summed E-state index contributed by atoms with van der Waals surface area (Å²) in [6.07, 6.45) is 0.720. The summed E-state index contributed by atoms with van der Waals surface area (Å²) in [6, 6.07) is 3.52. The minimum absolute atomic E-state index is 0.221. The SMILES string of the molecule is O=C(c1c(F)cccc1F)C1CCSC1. The molecule has 1 aliphatic rings. The second kappa shape index (κ2) is 4.31. The topological polar surface area (TPSA) is 17.1 Å². The molecule has 1 nitrogen and oxygen atoms in total. The number of thioether (sulfide) groups is 1. The van der Waals surface area contributed by atoms with Gasteiger partial charge in [-0.2, -0.15) is 11.8 Å². The molecule has 1 saturated heterocycles. The van der Waals surface area contributed by atoms with E-state index in [9.17, 15) is 13.6 Å². The third-order valence-corrected chi connectivity index (χ3v) is 3.67. The fraction of sp³-hybridized carbons (Fsp3) is 0.364. The van der Waals surface area contributed by atoms with Gasteiger partial charge < -0.3 is 0 Å². The summed E-state index contributed by atoms with van der Waals surface area (Å²) in [5.74, 6) is -0.551. The van der Waals surface area contributed by atoms with Crippen LogP contribution in [0.25, 0.3) is 0 Å². The fourth-order valence-electron chi connectivity index (χ4n) is 1.68. The number of benzene rings is 1. The van der Waals surface area contributed by atoms with Gasteiger partial charge in [-0.25, -0.2) is 8.78 Å². The van der Waals surface area contributed by atoms with Crippen molar-refractivity contribution in [3.63, 3.8) is 0 Å². The van der Waals surface area contributed by atoms with Crippen LogP contribution in [0.4, 0.5) is 8.78 Å². The van der Waals surface area contributed by atoms with Crippen molar-refractivity contribution in [3.05, 3.63) is 35.4 Å². The first-order valence-electron chi connectivity index (χ1n) is 4.76. The molecule has 1 aromatic carbocycles. The summed E-state index contributed by atoms with van der Waals surface area (Å²) in [4.78, 5) is 11.8. The summed E-state index contributed by atoms with van der Waals surface area (Å²) < 4.78 is 26.6. The van der Waals surface area contributed by atoms with Gasteiger partial charge >= 0.3 is 0 Å². The highest BCUT2D eigenvalue weighted by molar-refractivity contribution is 7.99. The molecule has 0 radical (unpaired) electrons. The van der Waals surface area contributed by atoms with Gasteiger partial charge in [0.1, 0.15) is 11.6 Å². The van der Waals surface area contributed by atoms with E-state index in [1.165, 1.54) is 6.07 Å². The molecule has 1 heterocycles. The van der Waals surface area contributed by atoms with Crippen molar-refractivity contribution in [2.45, 2.75) is 6.42 Å². The average Bonchev–Trinajstić information content (AvgIpc) is 2.69. The molecule has 2 rings (SSSR count). The zero-order valence-corrected chi connectivity index (χ0v) is 8.82. The molecule has 80 valence electrons. The van der Waals surface area contributed by atoms with Crippen molar-refractivity contribution >= 4 is 17.5 Å². The summed E-state index contributed by atoms with van der Waals surface area (Å²) in [5.41, 5.74) is -0.370. The van der Waals surface area contributed by atoms with Gasteiger partial charge in [-0.15, -0.1) is 0 Å². The number of hydrogen-bond acceptors (Lipinski definition) is 2. The first-order valence-corrected chi connectivity index (χ1v) is 5.91. The summed E-state index contributed by atoms with van der Waals surface area (Å²) in [6.45, 7) is 0. The predicted molar refractivity (Wildman–Crippen MR) is 56.1 cm³/mol. The lowest BCUT2D eigenvalue weighted by Gasteiger charge is -2.08. The zero-order valence-electron chi connectivity index (χ0n) is 8.00. The van der Waals surface area contributed by atoms with Crippen LogP contribution in [0.3, 0.4) is 0 Å². The van der Waals surface area contributed by atoms with Gasteiger partial charge in [0.2, 0.25) is 0 Å². The van der Waals surface area contributed by atoms with E-state index in [1.807, 2.05) is 0 Å². The molecule has 1 atom stereocenters. The van der Waals surface area contributed by atoms with Gasteiger partial charge in [-0.3, -0.25) is 4.79 Å². The van der Waals surface area contributed by atoms with Crippen LogP contribution < -0.4 is 0 Å². The highest BCUT2D eigenvalue weighted by atomic mass is 32.2. The Morgan fingerprint density at radius 3 is 2.53 bits per heavy atom. The summed E-state index contributed by atoms with van der Waals surface area (Å²) in [7, 11) is 0. The minimum Gasteiger partial charge on any atom is -0.294 e. The van der Waals surface area contributed by atoms with E-state index in [4.69, 9.17) is 0 Å². The average molecular weight is 228 g/mol. The summed E-state index contributed by atoms with van der Waals surface area (Å²) >= 11 is 1.65. The Kier molecular flexibility index (Phi) is 3.05. The van der Waals surface area contributed by atoms with Crippen LogP contribution in [-0.4, -0.2) is 17.3 Å². The van der Waals surface area contributed by atoms with Gasteiger partial charge in [0, 0.05) is 11.7 Å². The molecule has 0 spiro atoms. The molecular formula is C11H10F2OS. The molecule has 0 saturated carbocycles. The fourth-order valence-corrected chi connectivity index (χ4v) is 2.90. The second-order valence-corrected chi connectivity index (χ2v) is 4.67. The standard InChI is InChI=1S/C11H10F2OS/c12-8-2-1-3-9(13)10(8)11(14)7-4-5-15-6-7/h1-3,7H,4-6H2. The number of carbonyl (C=O) groups excluding carboxylic acids is 1. The maximum absolute atomic E-state index is 13.3. The summed E-state index contributed by atoms with van der Waals surface area (Å²) in [5, 5.41) is 0. The third kappa shape index (κ3) is 2.04. The quantitative estimate of drug-likeness (QED) is 0.724. The Bertz CT molecular complexity index is 366. The first-order chi connectivity index (χ1) is 7.20. The Hall–Kier alpha value is -0.900. The van der Waals surface area contributed by atoms with E-state index in [0.717, 1.165) is 24.3 Å². The van der Waals surface area contributed by atoms with Crippen LogP contribution in [0.15, 0.2) is 18.2 Å². The largest absolute Gasteiger partial charge is 0.294 e. The highest BCUT2D eigenvalue weighted by Crippen LogP contribution is 2.28. The van der Waals surface area contributed by atoms with E-state index in [2.05, 4.69) is 0 Å². The molecule has 4 heteroatoms. The Morgan fingerprint density at radius 2 is 2.00 bits per heavy atom. The molecule has 1 aromatic rings. The molecule has 0 bridgehead atoms. The molecule has 1 aliphatic heterocycles. The lowest BCUT2D eigenvalue weighted by atomic mass is 9.96. The molecule has 0 aliphatic carbocycles. The lowest BCUT2D eigenvalue weighted by Crippen LogP contribution is -2.17. The smallest absolute Gasteiger partial charge is 0.172 e. The number of halogens is 2. The maximum Gasteiger partial charge on any atom is 0.172 e. The van der Waals surface area contributed by atoms with E-state index in [-0.39, 0.29) is 11.5 Å². The van der Waals surface area contributed by atoms with Crippen molar-refractivity contribution in [2.24, 2.45) is 5.92 Å². The maximum atomic E-state index is 13.3. The van der Waals surface area contributed by atoms with Gasteiger partial charge in [0.25, 0.3) is 0 Å². The number of ketones is 1. The van der Waals surface area contributed by atoms with Gasteiger partial charge in [0.05, 0.1) is 5.56 Å². The van der Waals surface area contributed by atoms with Crippen molar-refractivity contribution in [1.82, 2.24) is 0 Å². The van der Waals surface area contributed by atoms with Crippen LogP contribution in [-0.2, 0) is 0 Å². The predicted octanol–water partition coefficient (Wildman–Crippen LogP) is 2.90. The van der Waals surface area contributed by atoms with E-state index >= 15 is 0 Å². The van der Waals surface area contributed by atoms with Gasteiger partial charge in [-0.05, 0) is 24.3 Å². The molecule has 15 heavy (non-hydrogen) atoms. The molecule has 0 amide bonds. The second-order valence-electron chi connectivity index (χ2n) is 3.52. The van der Waals surface area contributed by atoms with Crippen molar-refractivity contribution in [2.75, 3.05) is 11.5 Å². The first kappa shape index (κ1) is 10.6. The van der Waals surface area contributed by atoms with E-state index in [1.54, 1.807) is 11.8 Å². The van der Waals surface area contributed by atoms with Crippen LogP contribution in [0.1, 0.15) is 16.8 Å². The number of Topliss-reactive ketones (excluding diaryl/α,β-unsaturated/α-hetero) is 1. The highest BCUT2D eigenvalue weighted by Gasteiger charge is 2.28. The third-order valence-electron chi connectivity index (χ3n) is 2.51. The monoisotopic (exact) mass is 228 g/mol. The Labute approximate surface area is 90.9 Å². The Morgan fingerprint density at radius 1 is 1.33 bits per heavy atom. The molecule has 1 fully saturated rings. The molecular weight excluding hydrogens is 218 g/mol. The van der Waals surface area contributed by atoms with Crippen LogP contribution >= 0.6 is 11.8 Å². The van der Waals surface area contributed by atoms with Gasteiger partial charge in [0.15, 0.2) is 5.78 Å². The van der Waals surface area contributed by atoms with Crippen molar-refractivity contribution in [3.8, 4) is 0 Å². The van der Waals surface area contributed by atoms with Crippen LogP contribution in [0, 0.1) is 17.6 Å². The van der Waals surface area contributed by atoms with Crippen LogP contribution in [0.5, 0.6) is 0 Å². The molecule has 1 unspecified atom stereocenters. The van der Waals surface area contributed by atoms with Gasteiger partial charge in [-0.1, -0.05) is 6.07 Å². The number of hydrogen-bond donors (Lipinski definition) is 0. The zero-order chi connectivity index (χ0) is 10.8. The van der Waals surface area contributed by atoms with E-state index < -0.39 is 17.4 Å². The lowest BCUT2D eigenvalue weighted by molar-refractivity contribution is 0.0925. The van der Waals surface area contributed by atoms with E-state index in [0.29, 0.717) is 5.75 Å².